The first-order valence-corrected chi connectivity index (χ1v) is 6.31. The Labute approximate surface area is 122 Å². The minimum Gasteiger partial charge on any atom is -0.409 e. The number of carbonyl (C=O) groups is 1. The van der Waals surface area contributed by atoms with Gasteiger partial charge in [-0.3, -0.25) is 4.79 Å². The Hall–Kier alpha value is -2.19. The lowest BCUT2D eigenvalue weighted by molar-refractivity contribution is -0.120. The number of oxime groups is 1. The zero-order valence-corrected chi connectivity index (χ0v) is 11.7. The number of hydrogen-bond acceptors (Lipinski definition) is 5. The fourth-order valence-corrected chi connectivity index (χ4v) is 1.63. The normalized spacial score (nSPS) is 11.4. The van der Waals surface area contributed by atoms with Gasteiger partial charge < -0.3 is 26.3 Å². The standard InChI is InChI=1S/C13H19FN4O3/c1-21-6-5-17-11(19)8-16-7-9-3-2-4-10(12(9)14)13(15)18-20/h2-4,16,20H,5-8H2,1H3,(H2,15,18)(H,17,19). The third kappa shape index (κ3) is 5.36. The summed E-state index contributed by atoms with van der Waals surface area (Å²) in [6, 6.07) is 4.55. The van der Waals surface area contributed by atoms with Crippen LogP contribution in [-0.4, -0.2) is 43.8 Å². The van der Waals surface area contributed by atoms with Crippen LogP contribution in [0.25, 0.3) is 0 Å². The second-order valence-corrected chi connectivity index (χ2v) is 4.21. The number of carbonyl (C=O) groups excluding carboxylic acids is 1. The molecule has 0 aromatic heterocycles. The topological polar surface area (TPSA) is 109 Å². The maximum absolute atomic E-state index is 14.1. The molecular weight excluding hydrogens is 279 g/mol. The summed E-state index contributed by atoms with van der Waals surface area (Å²) >= 11 is 0. The molecular formula is C13H19FN4O3. The Morgan fingerprint density at radius 2 is 2.29 bits per heavy atom. The van der Waals surface area contributed by atoms with Crippen LogP contribution in [0.2, 0.25) is 0 Å². The zero-order valence-electron chi connectivity index (χ0n) is 11.7. The van der Waals surface area contributed by atoms with Gasteiger partial charge in [0.15, 0.2) is 5.84 Å². The van der Waals surface area contributed by atoms with E-state index in [0.717, 1.165) is 0 Å². The Kier molecular flexibility index (Phi) is 7.13. The van der Waals surface area contributed by atoms with Crippen LogP contribution in [0.15, 0.2) is 23.4 Å². The number of amides is 1. The van der Waals surface area contributed by atoms with Crippen molar-refractivity contribution in [3.8, 4) is 0 Å². The van der Waals surface area contributed by atoms with E-state index >= 15 is 0 Å². The molecule has 0 unspecified atom stereocenters. The van der Waals surface area contributed by atoms with Gasteiger partial charge in [-0.05, 0) is 6.07 Å². The van der Waals surface area contributed by atoms with Gasteiger partial charge in [-0.2, -0.15) is 0 Å². The van der Waals surface area contributed by atoms with Crippen molar-refractivity contribution in [2.45, 2.75) is 6.54 Å². The number of halogens is 1. The van der Waals surface area contributed by atoms with E-state index in [0.29, 0.717) is 18.7 Å². The molecule has 0 fully saturated rings. The lowest BCUT2D eigenvalue weighted by Gasteiger charge is -2.09. The van der Waals surface area contributed by atoms with Crippen LogP contribution < -0.4 is 16.4 Å². The van der Waals surface area contributed by atoms with Crippen molar-refractivity contribution in [1.29, 1.82) is 0 Å². The molecule has 0 radical (unpaired) electrons. The molecule has 1 rings (SSSR count). The van der Waals surface area contributed by atoms with E-state index in [9.17, 15) is 9.18 Å². The number of benzene rings is 1. The summed E-state index contributed by atoms with van der Waals surface area (Å²) < 4.78 is 18.9. The van der Waals surface area contributed by atoms with E-state index in [2.05, 4.69) is 15.8 Å². The van der Waals surface area contributed by atoms with Gasteiger partial charge in [0.1, 0.15) is 5.82 Å². The average molecular weight is 298 g/mol. The highest BCUT2D eigenvalue weighted by atomic mass is 19.1. The van der Waals surface area contributed by atoms with Gasteiger partial charge in [0.05, 0.1) is 18.7 Å². The van der Waals surface area contributed by atoms with Crippen molar-refractivity contribution in [1.82, 2.24) is 10.6 Å². The molecule has 0 bridgehead atoms. The van der Waals surface area contributed by atoms with Crippen LogP contribution in [0.3, 0.4) is 0 Å². The molecule has 0 saturated heterocycles. The molecule has 1 aromatic carbocycles. The SMILES string of the molecule is COCCNC(=O)CNCc1cccc(/C(N)=N/O)c1F. The van der Waals surface area contributed by atoms with Gasteiger partial charge in [0, 0.05) is 25.8 Å². The molecule has 0 aliphatic rings. The van der Waals surface area contributed by atoms with Crippen molar-refractivity contribution in [2.24, 2.45) is 10.9 Å². The van der Waals surface area contributed by atoms with Crippen LogP contribution >= 0.6 is 0 Å². The first-order chi connectivity index (χ1) is 10.1. The second kappa shape index (κ2) is 8.88. The predicted molar refractivity (Wildman–Crippen MR) is 75.5 cm³/mol. The molecule has 0 aliphatic heterocycles. The summed E-state index contributed by atoms with van der Waals surface area (Å²) in [4.78, 5) is 11.4. The van der Waals surface area contributed by atoms with Crippen molar-refractivity contribution in [2.75, 3.05) is 26.8 Å². The molecule has 0 atom stereocenters. The lowest BCUT2D eigenvalue weighted by Crippen LogP contribution is -2.35. The number of methoxy groups -OCH3 is 1. The number of nitrogens with one attached hydrogen (secondary N) is 2. The van der Waals surface area contributed by atoms with Gasteiger partial charge >= 0.3 is 0 Å². The van der Waals surface area contributed by atoms with E-state index in [1.165, 1.54) is 6.07 Å². The number of hydrogen-bond donors (Lipinski definition) is 4. The summed E-state index contributed by atoms with van der Waals surface area (Å²) in [5, 5.41) is 16.8. The summed E-state index contributed by atoms with van der Waals surface area (Å²) in [6.07, 6.45) is 0. The third-order valence-corrected chi connectivity index (χ3v) is 2.69. The number of rotatable bonds is 8. The van der Waals surface area contributed by atoms with Gasteiger partial charge in [-0.1, -0.05) is 17.3 Å². The second-order valence-electron chi connectivity index (χ2n) is 4.21. The minimum absolute atomic E-state index is 0.0151. The fraction of sp³-hybridized carbons (Fsp3) is 0.385. The first-order valence-electron chi connectivity index (χ1n) is 6.31. The van der Waals surface area contributed by atoms with Crippen molar-refractivity contribution in [3.05, 3.63) is 35.1 Å². The maximum atomic E-state index is 14.1. The van der Waals surface area contributed by atoms with E-state index in [1.807, 2.05) is 0 Å². The Morgan fingerprint density at radius 3 is 2.95 bits per heavy atom. The van der Waals surface area contributed by atoms with Crippen molar-refractivity contribution >= 4 is 11.7 Å². The lowest BCUT2D eigenvalue weighted by atomic mass is 10.1. The third-order valence-electron chi connectivity index (χ3n) is 2.69. The summed E-state index contributed by atoms with van der Waals surface area (Å²) in [6.45, 7) is 1.06. The number of nitrogens with zero attached hydrogens (tertiary/aromatic N) is 1. The molecule has 8 heteroatoms. The molecule has 0 aliphatic carbocycles. The fourth-order valence-electron chi connectivity index (χ4n) is 1.63. The van der Waals surface area contributed by atoms with E-state index in [4.69, 9.17) is 15.7 Å². The first kappa shape index (κ1) is 16.9. The summed E-state index contributed by atoms with van der Waals surface area (Å²) in [5.41, 5.74) is 5.71. The highest BCUT2D eigenvalue weighted by Gasteiger charge is 2.11. The van der Waals surface area contributed by atoms with E-state index < -0.39 is 5.82 Å². The quantitative estimate of drug-likeness (QED) is 0.174. The Morgan fingerprint density at radius 1 is 1.52 bits per heavy atom. The molecule has 116 valence electrons. The number of amidine groups is 1. The predicted octanol–water partition coefficient (Wildman–Crippen LogP) is -0.228. The summed E-state index contributed by atoms with van der Waals surface area (Å²) in [7, 11) is 1.54. The molecule has 1 aromatic rings. The van der Waals surface area contributed by atoms with Crippen LogP contribution in [-0.2, 0) is 16.1 Å². The highest BCUT2D eigenvalue weighted by molar-refractivity contribution is 5.97. The molecule has 0 heterocycles. The monoisotopic (exact) mass is 298 g/mol. The van der Waals surface area contributed by atoms with Gasteiger partial charge in [0.2, 0.25) is 5.91 Å². The van der Waals surface area contributed by atoms with Crippen LogP contribution in [0.5, 0.6) is 0 Å². The molecule has 0 spiro atoms. The smallest absolute Gasteiger partial charge is 0.234 e. The summed E-state index contributed by atoms with van der Waals surface area (Å²) in [5.74, 6) is -1.09. The van der Waals surface area contributed by atoms with Gasteiger partial charge in [0.25, 0.3) is 0 Å². The molecule has 21 heavy (non-hydrogen) atoms. The highest BCUT2D eigenvalue weighted by Crippen LogP contribution is 2.12. The minimum atomic E-state index is -0.583. The Bertz CT molecular complexity index is 508. The Balaban J connectivity index is 2.51. The molecule has 7 nitrogen and oxygen atoms in total. The number of ether oxygens (including phenoxy) is 1. The van der Waals surface area contributed by atoms with Crippen LogP contribution in [0, 0.1) is 5.82 Å². The zero-order chi connectivity index (χ0) is 15.7. The van der Waals surface area contributed by atoms with E-state index in [-0.39, 0.29) is 30.4 Å². The average Bonchev–Trinajstić information content (AvgIpc) is 2.48. The van der Waals surface area contributed by atoms with Gasteiger partial charge in [-0.25, -0.2) is 4.39 Å². The number of nitrogens with two attached hydrogens (primary N) is 1. The molecule has 5 N–H and O–H groups in total. The van der Waals surface area contributed by atoms with Crippen LogP contribution in [0.4, 0.5) is 4.39 Å². The van der Waals surface area contributed by atoms with E-state index in [1.54, 1.807) is 19.2 Å². The van der Waals surface area contributed by atoms with Crippen LogP contribution in [0.1, 0.15) is 11.1 Å². The largest absolute Gasteiger partial charge is 0.409 e. The van der Waals surface area contributed by atoms with Crippen molar-refractivity contribution in [3.63, 3.8) is 0 Å². The molecule has 0 saturated carbocycles. The van der Waals surface area contributed by atoms with Gasteiger partial charge in [-0.15, -0.1) is 0 Å². The molecule has 1 amide bonds. The maximum Gasteiger partial charge on any atom is 0.234 e. The van der Waals surface area contributed by atoms with Crippen molar-refractivity contribution < 1.29 is 19.1 Å².